The lowest BCUT2D eigenvalue weighted by Gasteiger charge is -2.05. The molecule has 122 valence electrons. The molecule has 0 unspecified atom stereocenters. The number of aromatic nitrogens is 2. The highest BCUT2D eigenvalue weighted by molar-refractivity contribution is 5.75. The molecule has 0 bridgehead atoms. The van der Waals surface area contributed by atoms with Crippen molar-refractivity contribution in [2.75, 3.05) is 6.79 Å². The zero-order chi connectivity index (χ0) is 16.4. The van der Waals surface area contributed by atoms with Crippen molar-refractivity contribution in [3.05, 3.63) is 53.9 Å². The van der Waals surface area contributed by atoms with Gasteiger partial charge in [-0.05, 0) is 29.8 Å². The maximum Gasteiger partial charge on any atom is 0.306 e. The predicted molar refractivity (Wildman–Crippen MR) is 86.8 cm³/mol. The number of H-pyrrole nitrogens is 1. The molecular weight excluding hydrogens is 308 g/mol. The Kier molecular flexibility index (Phi) is 3.78. The van der Waals surface area contributed by atoms with E-state index in [0.717, 1.165) is 28.2 Å². The van der Waals surface area contributed by atoms with Crippen LogP contribution in [0.4, 0.5) is 0 Å². The number of carbonyl (C=O) groups is 1. The van der Waals surface area contributed by atoms with E-state index in [1.54, 1.807) is 0 Å². The first kappa shape index (κ1) is 14.6. The quantitative estimate of drug-likeness (QED) is 0.730. The smallest absolute Gasteiger partial charge is 0.306 e. The molecule has 6 nitrogen and oxygen atoms in total. The van der Waals surface area contributed by atoms with E-state index in [0.29, 0.717) is 12.2 Å². The molecule has 0 saturated heterocycles. The molecule has 1 aromatic heterocycles. The SMILES string of the molecule is O=C(CCc1nc2ccccc2[nH]1)OCc1ccc2c(c1)OCO2. The molecular formula is C18H16N2O4. The fraction of sp³-hybridized carbons (Fsp3) is 0.222. The monoisotopic (exact) mass is 324 g/mol. The minimum Gasteiger partial charge on any atom is -0.461 e. The van der Waals surface area contributed by atoms with Crippen LogP contribution >= 0.6 is 0 Å². The number of aromatic amines is 1. The first-order valence-electron chi connectivity index (χ1n) is 7.76. The van der Waals surface area contributed by atoms with E-state index < -0.39 is 0 Å². The third-order valence-corrected chi connectivity index (χ3v) is 3.84. The minimum atomic E-state index is -0.256. The number of carbonyl (C=O) groups excluding carboxylic acids is 1. The number of imidazole rings is 1. The number of nitrogens with one attached hydrogen (secondary N) is 1. The van der Waals surface area contributed by atoms with E-state index in [4.69, 9.17) is 14.2 Å². The Morgan fingerprint density at radius 1 is 1.17 bits per heavy atom. The van der Waals surface area contributed by atoms with Crippen LogP contribution in [0.15, 0.2) is 42.5 Å². The van der Waals surface area contributed by atoms with Gasteiger partial charge in [0.25, 0.3) is 0 Å². The van der Waals surface area contributed by atoms with Gasteiger partial charge in [0.15, 0.2) is 11.5 Å². The lowest BCUT2D eigenvalue weighted by Crippen LogP contribution is -2.06. The van der Waals surface area contributed by atoms with E-state index in [2.05, 4.69) is 9.97 Å². The van der Waals surface area contributed by atoms with Crippen LogP contribution in [0.3, 0.4) is 0 Å². The molecule has 4 rings (SSSR count). The van der Waals surface area contributed by atoms with Gasteiger partial charge in [0.05, 0.1) is 17.5 Å². The van der Waals surface area contributed by atoms with Crippen LogP contribution in [0, 0.1) is 0 Å². The summed E-state index contributed by atoms with van der Waals surface area (Å²) in [4.78, 5) is 19.6. The Morgan fingerprint density at radius 3 is 2.96 bits per heavy atom. The zero-order valence-corrected chi connectivity index (χ0v) is 13.0. The minimum absolute atomic E-state index is 0.218. The van der Waals surface area contributed by atoms with Crippen molar-refractivity contribution in [1.29, 1.82) is 0 Å². The summed E-state index contributed by atoms with van der Waals surface area (Å²) >= 11 is 0. The molecule has 6 heteroatoms. The third kappa shape index (κ3) is 3.03. The second-order valence-electron chi connectivity index (χ2n) is 5.55. The van der Waals surface area contributed by atoms with Gasteiger partial charge in [0.1, 0.15) is 12.4 Å². The molecule has 1 aliphatic heterocycles. The van der Waals surface area contributed by atoms with E-state index in [1.165, 1.54) is 0 Å². The van der Waals surface area contributed by atoms with Crippen LogP contribution in [0.2, 0.25) is 0 Å². The normalized spacial score (nSPS) is 12.5. The zero-order valence-electron chi connectivity index (χ0n) is 13.0. The summed E-state index contributed by atoms with van der Waals surface area (Å²) < 4.78 is 15.9. The fourth-order valence-electron chi connectivity index (χ4n) is 2.61. The molecule has 3 aromatic rings. The third-order valence-electron chi connectivity index (χ3n) is 3.84. The predicted octanol–water partition coefficient (Wildman–Crippen LogP) is 2.97. The second-order valence-corrected chi connectivity index (χ2v) is 5.55. The number of benzene rings is 2. The van der Waals surface area contributed by atoms with Gasteiger partial charge in [0, 0.05) is 6.42 Å². The van der Waals surface area contributed by atoms with Crippen molar-refractivity contribution in [2.45, 2.75) is 19.4 Å². The molecule has 0 radical (unpaired) electrons. The van der Waals surface area contributed by atoms with Crippen LogP contribution in [0.25, 0.3) is 11.0 Å². The lowest BCUT2D eigenvalue weighted by atomic mass is 10.2. The van der Waals surface area contributed by atoms with Crippen LogP contribution in [0.1, 0.15) is 17.8 Å². The molecule has 1 aliphatic rings. The molecule has 2 aromatic carbocycles. The largest absolute Gasteiger partial charge is 0.461 e. The molecule has 0 atom stereocenters. The molecule has 0 saturated carbocycles. The Balaban J connectivity index is 1.30. The van der Waals surface area contributed by atoms with Crippen LogP contribution < -0.4 is 9.47 Å². The number of para-hydroxylation sites is 2. The fourth-order valence-corrected chi connectivity index (χ4v) is 2.61. The molecule has 0 spiro atoms. The average Bonchev–Trinajstić information content (AvgIpc) is 3.23. The number of esters is 1. The summed E-state index contributed by atoms with van der Waals surface area (Å²) in [6.07, 6.45) is 0.805. The topological polar surface area (TPSA) is 73.4 Å². The number of fused-ring (bicyclic) bond motifs is 2. The highest BCUT2D eigenvalue weighted by Gasteiger charge is 2.14. The van der Waals surface area contributed by atoms with E-state index in [9.17, 15) is 4.79 Å². The van der Waals surface area contributed by atoms with E-state index in [1.807, 2.05) is 42.5 Å². The van der Waals surface area contributed by atoms with Crippen LogP contribution in [0.5, 0.6) is 11.5 Å². The Labute approximate surface area is 138 Å². The highest BCUT2D eigenvalue weighted by Crippen LogP contribution is 2.32. The molecule has 24 heavy (non-hydrogen) atoms. The van der Waals surface area contributed by atoms with Crippen molar-refractivity contribution in [1.82, 2.24) is 9.97 Å². The number of aryl methyl sites for hydroxylation is 1. The summed E-state index contributed by atoms with van der Waals surface area (Å²) in [7, 11) is 0. The first-order valence-corrected chi connectivity index (χ1v) is 7.76. The van der Waals surface area contributed by atoms with Crippen molar-refractivity contribution < 1.29 is 19.0 Å². The first-order chi connectivity index (χ1) is 11.8. The van der Waals surface area contributed by atoms with Gasteiger partial charge in [-0.1, -0.05) is 18.2 Å². The van der Waals surface area contributed by atoms with Gasteiger partial charge in [-0.3, -0.25) is 4.79 Å². The number of rotatable bonds is 5. The number of hydrogen-bond acceptors (Lipinski definition) is 5. The van der Waals surface area contributed by atoms with Crippen LogP contribution in [-0.4, -0.2) is 22.7 Å². The van der Waals surface area contributed by atoms with Gasteiger partial charge in [-0.25, -0.2) is 4.98 Å². The number of nitrogens with zero attached hydrogens (tertiary/aromatic N) is 1. The van der Waals surface area contributed by atoms with Gasteiger partial charge in [0.2, 0.25) is 6.79 Å². The van der Waals surface area contributed by atoms with E-state index >= 15 is 0 Å². The molecule has 0 amide bonds. The lowest BCUT2D eigenvalue weighted by molar-refractivity contribution is -0.144. The molecule has 1 N–H and O–H groups in total. The summed E-state index contributed by atoms with van der Waals surface area (Å²) in [6, 6.07) is 13.3. The van der Waals surface area contributed by atoms with Gasteiger partial charge in [-0.15, -0.1) is 0 Å². The second kappa shape index (κ2) is 6.23. The average molecular weight is 324 g/mol. The highest BCUT2D eigenvalue weighted by atomic mass is 16.7. The standard InChI is InChI=1S/C18H16N2O4/c21-18(8-7-17-19-13-3-1-2-4-14(13)20-17)22-10-12-5-6-15-16(9-12)24-11-23-15/h1-6,9H,7-8,10-11H2,(H,19,20). The number of hydrogen-bond donors (Lipinski definition) is 1. The van der Waals surface area contributed by atoms with Gasteiger partial charge >= 0.3 is 5.97 Å². The van der Waals surface area contributed by atoms with Crippen molar-refractivity contribution in [3.63, 3.8) is 0 Å². The Bertz CT molecular complexity index is 855. The maximum atomic E-state index is 11.9. The Morgan fingerprint density at radius 2 is 2.04 bits per heavy atom. The molecule has 2 heterocycles. The maximum absolute atomic E-state index is 11.9. The van der Waals surface area contributed by atoms with Crippen LogP contribution in [-0.2, 0) is 22.6 Å². The molecule has 0 aliphatic carbocycles. The number of ether oxygens (including phenoxy) is 3. The van der Waals surface area contributed by atoms with Crippen molar-refractivity contribution in [3.8, 4) is 11.5 Å². The van der Waals surface area contributed by atoms with E-state index in [-0.39, 0.29) is 25.8 Å². The van der Waals surface area contributed by atoms with Gasteiger partial charge < -0.3 is 19.2 Å². The Hall–Kier alpha value is -3.02. The van der Waals surface area contributed by atoms with Crippen molar-refractivity contribution >= 4 is 17.0 Å². The summed E-state index contributed by atoms with van der Waals surface area (Å²) in [5, 5.41) is 0. The summed E-state index contributed by atoms with van der Waals surface area (Å²) in [5.74, 6) is 1.94. The van der Waals surface area contributed by atoms with Crippen molar-refractivity contribution in [2.24, 2.45) is 0 Å². The summed E-state index contributed by atoms with van der Waals surface area (Å²) in [6.45, 7) is 0.450. The summed E-state index contributed by atoms with van der Waals surface area (Å²) in [5.41, 5.74) is 2.75. The molecule has 0 fully saturated rings. The van der Waals surface area contributed by atoms with Gasteiger partial charge in [-0.2, -0.15) is 0 Å².